The number of ketones is 1. The molecule has 0 bridgehead atoms. The predicted octanol–water partition coefficient (Wildman–Crippen LogP) is 4.19. The average Bonchev–Trinajstić information content (AvgIpc) is 3.09. The summed E-state index contributed by atoms with van der Waals surface area (Å²) in [5, 5.41) is 10.8. The lowest BCUT2D eigenvalue weighted by atomic mass is 9.93. The van der Waals surface area contributed by atoms with E-state index in [4.69, 9.17) is 4.74 Å². The predicted molar refractivity (Wildman–Crippen MR) is 120 cm³/mol. The summed E-state index contributed by atoms with van der Waals surface area (Å²) in [6, 6.07) is 19.8. The summed E-state index contributed by atoms with van der Waals surface area (Å²) in [7, 11) is 1.56. The number of pyridine rings is 1. The number of nitrogens with zero attached hydrogens (tertiary/aromatic N) is 2. The van der Waals surface area contributed by atoms with Crippen LogP contribution in [0.2, 0.25) is 0 Å². The fourth-order valence-corrected chi connectivity index (χ4v) is 3.98. The molecule has 2 heterocycles. The molecule has 1 aliphatic rings. The normalized spacial score (nSPS) is 15.8. The van der Waals surface area contributed by atoms with E-state index in [1.807, 2.05) is 54.6 Å². The van der Waals surface area contributed by atoms with Crippen LogP contribution in [0.1, 0.15) is 29.2 Å². The van der Waals surface area contributed by atoms with Gasteiger partial charge in [-0.25, -0.2) is 0 Å². The number of amides is 1. The maximum Gasteiger partial charge on any atom is 0.290 e. The van der Waals surface area contributed by atoms with E-state index in [1.165, 1.54) is 4.90 Å². The molecule has 6 heteroatoms. The summed E-state index contributed by atoms with van der Waals surface area (Å²) in [5.74, 6) is -0.673. The Labute approximate surface area is 186 Å². The molecule has 0 fully saturated rings. The van der Waals surface area contributed by atoms with Crippen molar-refractivity contribution >= 4 is 11.7 Å². The van der Waals surface area contributed by atoms with E-state index in [9.17, 15) is 14.7 Å². The van der Waals surface area contributed by atoms with Crippen LogP contribution in [-0.4, -0.2) is 33.8 Å². The molecule has 1 aliphatic heterocycles. The van der Waals surface area contributed by atoms with Gasteiger partial charge in [-0.1, -0.05) is 42.5 Å². The summed E-state index contributed by atoms with van der Waals surface area (Å²) in [4.78, 5) is 31.9. The van der Waals surface area contributed by atoms with Gasteiger partial charge in [0, 0.05) is 25.4 Å². The van der Waals surface area contributed by atoms with Crippen molar-refractivity contribution in [2.45, 2.75) is 25.4 Å². The Hall–Kier alpha value is -3.93. The molecule has 0 saturated carbocycles. The van der Waals surface area contributed by atoms with E-state index in [-0.39, 0.29) is 24.3 Å². The molecule has 162 valence electrons. The van der Waals surface area contributed by atoms with Gasteiger partial charge in [-0.3, -0.25) is 14.6 Å². The molecule has 3 aromatic rings. The topological polar surface area (TPSA) is 79.7 Å². The third-order valence-corrected chi connectivity index (χ3v) is 5.60. The molecular formula is C26H24N2O4. The van der Waals surface area contributed by atoms with Crippen molar-refractivity contribution in [3.63, 3.8) is 0 Å². The Morgan fingerprint density at radius 3 is 2.50 bits per heavy atom. The molecule has 0 spiro atoms. The number of Topliss-reactive ketones (excluding diaryl/α,β-unsaturated/α-hetero) is 1. The molecule has 1 N–H and O–H groups in total. The van der Waals surface area contributed by atoms with E-state index in [0.29, 0.717) is 17.7 Å². The van der Waals surface area contributed by atoms with Crippen molar-refractivity contribution in [3.8, 4) is 5.75 Å². The average molecular weight is 428 g/mol. The molecule has 0 saturated heterocycles. The van der Waals surface area contributed by atoms with Crippen molar-refractivity contribution in [1.82, 2.24) is 9.88 Å². The van der Waals surface area contributed by atoms with Crippen LogP contribution < -0.4 is 4.74 Å². The summed E-state index contributed by atoms with van der Waals surface area (Å²) in [6.07, 6.45) is 4.02. The quantitative estimate of drug-likeness (QED) is 0.582. The SMILES string of the molecule is COc1cccc(C2C(C(=O)CCc3ccccc3)=C(O)C(=O)N2Cc2ccncc2)c1. The van der Waals surface area contributed by atoms with Crippen LogP contribution in [0.3, 0.4) is 0 Å². The molecule has 4 rings (SSSR count). The molecule has 6 nitrogen and oxygen atoms in total. The lowest BCUT2D eigenvalue weighted by Crippen LogP contribution is -2.30. The lowest BCUT2D eigenvalue weighted by molar-refractivity contribution is -0.130. The van der Waals surface area contributed by atoms with Gasteiger partial charge in [0.15, 0.2) is 11.5 Å². The minimum atomic E-state index is -0.700. The highest BCUT2D eigenvalue weighted by Crippen LogP contribution is 2.40. The van der Waals surface area contributed by atoms with Crippen LogP contribution in [0.5, 0.6) is 5.75 Å². The van der Waals surface area contributed by atoms with E-state index in [2.05, 4.69) is 4.98 Å². The zero-order valence-electron chi connectivity index (χ0n) is 17.8. The zero-order valence-corrected chi connectivity index (χ0v) is 17.8. The van der Waals surface area contributed by atoms with Gasteiger partial charge in [-0.15, -0.1) is 0 Å². The second-order valence-electron chi connectivity index (χ2n) is 7.64. The Balaban J connectivity index is 1.68. The molecular weight excluding hydrogens is 404 g/mol. The summed E-state index contributed by atoms with van der Waals surface area (Å²) >= 11 is 0. The Kier molecular flexibility index (Phi) is 6.31. The fraction of sp³-hybridized carbons (Fsp3) is 0.192. The fourth-order valence-electron chi connectivity index (χ4n) is 3.98. The van der Waals surface area contributed by atoms with Crippen LogP contribution in [0.25, 0.3) is 0 Å². The molecule has 1 aromatic heterocycles. The van der Waals surface area contributed by atoms with E-state index in [1.54, 1.807) is 31.6 Å². The zero-order chi connectivity index (χ0) is 22.5. The highest BCUT2D eigenvalue weighted by atomic mass is 16.5. The molecule has 1 amide bonds. The number of rotatable bonds is 8. The smallest absolute Gasteiger partial charge is 0.290 e. The first-order chi connectivity index (χ1) is 15.6. The molecule has 1 atom stereocenters. The number of carbonyl (C=O) groups is 2. The van der Waals surface area contributed by atoms with Crippen LogP contribution in [0.15, 0.2) is 90.5 Å². The molecule has 32 heavy (non-hydrogen) atoms. The van der Waals surface area contributed by atoms with E-state index >= 15 is 0 Å². The van der Waals surface area contributed by atoms with Crippen molar-refractivity contribution in [3.05, 3.63) is 107 Å². The number of benzene rings is 2. The van der Waals surface area contributed by atoms with Gasteiger partial charge in [0.05, 0.1) is 18.7 Å². The van der Waals surface area contributed by atoms with E-state index in [0.717, 1.165) is 11.1 Å². The standard InChI is InChI=1S/C26H24N2O4/c1-32-21-9-5-8-20(16-21)24-23(22(29)11-10-18-6-3-2-4-7-18)25(30)26(31)28(24)17-19-12-14-27-15-13-19/h2-9,12-16,24,30H,10-11,17H2,1H3. The summed E-state index contributed by atoms with van der Waals surface area (Å²) in [5.41, 5.74) is 2.72. The number of methoxy groups -OCH3 is 1. The first-order valence-corrected chi connectivity index (χ1v) is 10.4. The number of ether oxygens (including phenoxy) is 1. The number of aromatic nitrogens is 1. The van der Waals surface area contributed by atoms with Gasteiger partial charge >= 0.3 is 0 Å². The number of hydrogen-bond acceptors (Lipinski definition) is 5. The van der Waals surface area contributed by atoms with Gasteiger partial charge < -0.3 is 14.7 Å². The summed E-state index contributed by atoms with van der Waals surface area (Å²) in [6.45, 7) is 0.239. The van der Waals surface area contributed by atoms with E-state index < -0.39 is 17.7 Å². The Morgan fingerprint density at radius 2 is 1.78 bits per heavy atom. The first-order valence-electron chi connectivity index (χ1n) is 10.4. The second kappa shape index (κ2) is 9.47. The van der Waals surface area contributed by atoms with Crippen LogP contribution in [0, 0.1) is 0 Å². The van der Waals surface area contributed by atoms with Crippen molar-refractivity contribution in [2.24, 2.45) is 0 Å². The van der Waals surface area contributed by atoms with Crippen LogP contribution in [0.4, 0.5) is 0 Å². The van der Waals surface area contributed by atoms with Crippen molar-refractivity contribution < 1.29 is 19.4 Å². The van der Waals surface area contributed by atoms with Gasteiger partial charge in [0.1, 0.15) is 5.75 Å². The molecule has 0 aliphatic carbocycles. The van der Waals surface area contributed by atoms with Gasteiger partial charge in [-0.2, -0.15) is 0 Å². The van der Waals surface area contributed by atoms with Gasteiger partial charge in [0.2, 0.25) is 0 Å². The number of aryl methyl sites for hydroxylation is 1. The third-order valence-electron chi connectivity index (χ3n) is 5.60. The number of aliphatic hydroxyl groups excluding tert-OH is 1. The first kappa shape index (κ1) is 21.3. The molecule has 0 radical (unpaired) electrons. The molecule has 1 unspecified atom stereocenters. The van der Waals surface area contributed by atoms with Crippen LogP contribution >= 0.6 is 0 Å². The second-order valence-corrected chi connectivity index (χ2v) is 7.64. The van der Waals surface area contributed by atoms with Gasteiger partial charge in [0.25, 0.3) is 5.91 Å². The minimum absolute atomic E-state index is 0.133. The highest BCUT2D eigenvalue weighted by Gasteiger charge is 2.43. The van der Waals surface area contributed by atoms with Crippen molar-refractivity contribution in [1.29, 1.82) is 0 Å². The minimum Gasteiger partial charge on any atom is -0.503 e. The van der Waals surface area contributed by atoms with Gasteiger partial charge in [-0.05, 0) is 47.4 Å². The highest BCUT2D eigenvalue weighted by molar-refractivity contribution is 6.09. The number of hydrogen-bond donors (Lipinski definition) is 1. The van der Waals surface area contributed by atoms with Crippen LogP contribution in [-0.2, 0) is 22.6 Å². The monoisotopic (exact) mass is 428 g/mol. The number of carbonyl (C=O) groups excluding carboxylic acids is 2. The maximum atomic E-state index is 13.3. The lowest BCUT2D eigenvalue weighted by Gasteiger charge is -2.27. The summed E-state index contributed by atoms with van der Waals surface area (Å²) < 4.78 is 5.35. The Morgan fingerprint density at radius 1 is 1.03 bits per heavy atom. The molecule has 2 aromatic carbocycles. The third kappa shape index (κ3) is 4.39. The largest absolute Gasteiger partial charge is 0.503 e. The van der Waals surface area contributed by atoms with Crippen molar-refractivity contribution in [2.75, 3.05) is 7.11 Å². The maximum absolute atomic E-state index is 13.3. The number of aliphatic hydroxyl groups is 1. The Bertz CT molecular complexity index is 1140.